The van der Waals surface area contributed by atoms with Gasteiger partial charge in [-0.1, -0.05) is 48.0 Å². The zero-order valence-corrected chi connectivity index (χ0v) is 14.5. The molecule has 0 bridgehead atoms. The summed E-state index contributed by atoms with van der Waals surface area (Å²) in [7, 11) is 0. The lowest BCUT2D eigenvalue weighted by Crippen LogP contribution is -2.32. The lowest BCUT2D eigenvalue weighted by Gasteiger charge is -2.09. The van der Waals surface area contributed by atoms with Gasteiger partial charge in [0, 0.05) is 17.3 Å². The minimum absolute atomic E-state index is 0.275. The van der Waals surface area contributed by atoms with Crippen LogP contribution in [0.1, 0.15) is 5.56 Å². The molecule has 6 nitrogen and oxygen atoms in total. The van der Waals surface area contributed by atoms with Crippen LogP contribution in [-0.2, 0) is 0 Å². The smallest absolute Gasteiger partial charge is 0.319 e. The van der Waals surface area contributed by atoms with Crippen LogP contribution in [0.15, 0.2) is 66.7 Å². The molecule has 0 saturated carbocycles. The van der Waals surface area contributed by atoms with E-state index in [1.807, 2.05) is 67.6 Å². The zero-order chi connectivity index (χ0) is 18.2. The van der Waals surface area contributed by atoms with E-state index < -0.39 is 0 Å². The predicted molar refractivity (Wildman–Crippen MR) is 101 cm³/mol. The van der Waals surface area contributed by atoms with Crippen molar-refractivity contribution in [1.29, 1.82) is 0 Å². The first kappa shape index (κ1) is 17.4. The summed E-state index contributed by atoms with van der Waals surface area (Å²) in [5.74, 6) is 0.422. The molecule has 3 rings (SSSR count). The van der Waals surface area contributed by atoms with Gasteiger partial charge < -0.3 is 15.4 Å². The van der Waals surface area contributed by atoms with Gasteiger partial charge in [-0.05, 0) is 25.1 Å². The number of carbonyl (C=O) groups is 1. The van der Waals surface area contributed by atoms with Crippen LogP contribution < -0.4 is 15.4 Å². The van der Waals surface area contributed by atoms with Crippen LogP contribution >= 0.6 is 0 Å². The van der Waals surface area contributed by atoms with Crippen molar-refractivity contribution in [3.8, 4) is 17.1 Å². The Labute approximate surface area is 152 Å². The molecule has 0 aliphatic heterocycles. The molecular formula is C20H20N4O2. The number of hydrogen-bond acceptors (Lipinski definition) is 4. The molecule has 0 spiro atoms. The number of benzene rings is 2. The number of aromatic nitrogens is 2. The third-order valence-corrected chi connectivity index (χ3v) is 3.66. The van der Waals surface area contributed by atoms with Crippen molar-refractivity contribution in [2.24, 2.45) is 0 Å². The minimum atomic E-state index is -0.275. The standard InChI is InChI=1S/C20H20N4O2/c1-15-7-9-17(10-8-15)22-20(25)21-13-14-26-19-12-11-18(23-24-19)16-5-3-2-4-6-16/h2-12H,13-14H2,1H3,(H2,21,22,25). The molecule has 0 aliphatic carbocycles. The van der Waals surface area contributed by atoms with E-state index in [-0.39, 0.29) is 6.03 Å². The number of hydrogen-bond donors (Lipinski definition) is 2. The minimum Gasteiger partial charge on any atom is -0.475 e. The Hall–Kier alpha value is -3.41. The van der Waals surface area contributed by atoms with Gasteiger partial charge in [-0.15, -0.1) is 10.2 Å². The number of rotatable bonds is 6. The fraction of sp³-hybridized carbons (Fsp3) is 0.150. The van der Waals surface area contributed by atoms with E-state index in [1.165, 1.54) is 0 Å². The molecule has 2 N–H and O–H groups in total. The average molecular weight is 348 g/mol. The maximum atomic E-state index is 11.8. The first-order chi connectivity index (χ1) is 12.7. The molecule has 3 aromatic rings. The number of nitrogens with zero attached hydrogens (tertiary/aromatic N) is 2. The van der Waals surface area contributed by atoms with Gasteiger partial charge in [0.2, 0.25) is 5.88 Å². The van der Waals surface area contributed by atoms with Crippen molar-refractivity contribution in [1.82, 2.24) is 15.5 Å². The highest BCUT2D eigenvalue weighted by molar-refractivity contribution is 5.89. The van der Waals surface area contributed by atoms with E-state index in [0.717, 1.165) is 22.5 Å². The van der Waals surface area contributed by atoms with Crippen LogP contribution in [0, 0.1) is 6.92 Å². The van der Waals surface area contributed by atoms with E-state index in [9.17, 15) is 4.79 Å². The van der Waals surface area contributed by atoms with Crippen LogP contribution in [0.4, 0.5) is 10.5 Å². The molecule has 0 saturated heterocycles. The largest absolute Gasteiger partial charge is 0.475 e. The second-order valence-electron chi connectivity index (χ2n) is 5.72. The lowest BCUT2D eigenvalue weighted by molar-refractivity contribution is 0.246. The van der Waals surface area contributed by atoms with Crippen molar-refractivity contribution in [2.45, 2.75) is 6.92 Å². The summed E-state index contributed by atoms with van der Waals surface area (Å²) in [6.45, 7) is 2.66. The van der Waals surface area contributed by atoms with Gasteiger partial charge in [-0.3, -0.25) is 0 Å². The summed E-state index contributed by atoms with van der Waals surface area (Å²) in [5.41, 5.74) is 3.68. The van der Waals surface area contributed by atoms with Crippen LogP contribution in [0.3, 0.4) is 0 Å². The Bertz CT molecular complexity index is 834. The second-order valence-corrected chi connectivity index (χ2v) is 5.72. The van der Waals surface area contributed by atoms with Crippen LogP contribution in [0.5, 0.6) is 5.88 Å². The van der Waals surface area contributed by atoms with Gasteiger partial charge in [0.1, 0.15) is 6.61 Å². The first-order valence-electron chi connectivity index (χ1n) is 8.34. The van der Waals surface area contributed by atoms with E-state index in [0.29, 0.717) is 19.0 Å². The van der Waals surface area contributed by atoms with Crippen molar-refractivity contribution in [3.05, 3.63) is 72.3 Å². The van der Waals surface area contributed by atoms with Crippen molar-refractivity contribution in [3.63, 3.8) is 0 Å². The van der Waals surface area contributed by atoms with Gasteiger partial charge in [0.15, 0.2) is 0 Å². The maximum Gasteiger partial charge on any atom is 0.319 e. The normalized spacial score (nSPS) is 10.2. The molecule has 2 aromatic carbocycles. The molecule has 0 aliphatic rings. The lowest BCUT2D eigenvalue weighted by atomic mass is 10.1. The molecule has 1 aromatic heterocycles. The molecule has 2 amide bonds. The molecule has 6 heteroatoms. The van der Waals surface area contributed by atoms with Gasteiger partial charge in [-0.2, -0.15) is 0 Å². The van der Waals surface area contributed by atoms with Crippen molar-refractivity contribution >= 4 is 11.7 Å². The molecule has 1 heterocycles. The highest BCUT2D eigenvalue weighted by Gasteiger charge is 2.03. The second kappa shape index (κ2) is 8.62. The van der Waals surface area contributed by atoms with Crippen LogP contribution in [0.2, 0.25) is 0 Å². The fourth-order valence-corrected chi connectivity index (χ4v) is 2.29. The monoisotopic (exact) mass is 348 g/mol. The van der Waals surface area contributed by atoms with Gasteiger partial charge in [0.25, 0.3) is 0 Å². The fourth-order valence-electron chi connectivity index (χ4n) is 2.29. The third-order valence-electron chi connectivity index (χ3n) is 3.66. The topological polar surface area (TPSA) is 76.1 Å². The van der Waals surface area contributed by atoms with Gasteiger partial charge >= 0.3 is 6.03 Å². The van der Waals surface area contributed by atoms with E-state index in [4.69, 9.17) is 4.74 Å². The van der Waals surface area contributed by atoms with E-state index >= 15 is 0 Å². The van der Waals surface area contributed by atoms with E-state index in [2.05, 4.69) is 20.8 Å². The number of anilines is 1. The number of amides is 2. The Balaban J connectivity index is 1.40. The third kappa shape index (κ3) is 5.04. The summed E-state index contributed by atoms with van der Waals surface area (Å²) in [5, 5.41) is 13.7. The zero-order valence-electron chi connectivity index (χ0n) is 14.5. The number of carbonyl (C=O) groups excluding carboxylic acids is 1. The summed E-state index contributed by atoms with van der Waals surface area (Å²) in [4.78, 5) is 11.8. The Morgan fingerprint density at radius 2 is 1.73 bits per heavy atom. The molecular weight excluding hydrogens is 328 g/mol. The van der Waals surface area contributed by atoms with Gasteiger partial charge in [0.05, 0.1) is 12.2 Å². The summed E-state index contributed by atoms with van der Waals surface area (Å²) >= 11 is 0. The van der Waals surface area contributed by atoms with E-state index in [1.54, 1.807) is 6.07 Å². The molecule has 0 atom stereocenters. The molecule has 0 fully saturated rings. The number of nitrogens with one attached hydrogen (secondary N) is 2. The Kier molecular flexibility index (Phi) is 5.77. The maximum absolute atomic E-state index is 11.8. The first-order valence-corrected chi connectivity index (χ1v) is 8.34. The highest BCUT2D eigenvalue weighted by Crippen LogP contribution is 2.16. The predicted octanol–water partition coefficient (Wildman–Crippen LogP) is 3.65. The average Bonchev–Trinajstić information content (AvgIpc) is 2.68. The molecule has 0 unspecified atom stereocenters. The van der Waals surface area contributed by atoms with Gasteiger partial charge in [-0.25, -0.2) is 4.79 Å². The molecule has 26 heavy (non-hydrogen) atoms. The van der Waals surface area contributed by atoms with Crippen molar-refractivity contribution in [2.75, 3.05) is 18.5 Å². The number of urea groups is 1. The van der Waals surface area contributed by atoms with Crippen LogP contribution in [0.25, 0.3) is 11.3 Å². The SMILES string of the molecule is Cc1ccc(NC(=O)NCCOc2ccc(-c3ccccc3)nn2)cc1. The number of ether oxygens (including phenoxy) is 1. The molecule has 0 radical (unpaired) electrons. The quantitative estimate of drug-likeness (QED) is 0.667. The molecule has 132 valence electrons. The Morgan fingerprint density at radius 1 is 0.962 bits per heavy atom. The summed E-state index contributed by atoms with van der Waals surface area (Å²) < 4.78 is 5.50. The summed E-state index contributed by atoms with van der Waals surface area (Å²) in [6.07, 6.45) is 0. The highest BCUT2D eigenvalue weighted by atomic mass is 16.5. The number of aryl methyl sites for hydroxylation is 1. The Morgan fingerprint density at radius 3 is 2.42 bits per heavy atom. The van der Waals surface area contributed by atoms with Crippen LogP contribution in [-0.4, -0.2) is 29.4 Å². The summed E-state index contributed by atoms with van der Waals surface area (Å²) in [6, 6.07) is 20.7. The van der Waals surface area contributed by atoms with Crippen molar-refractivity contribution < 1.29 is 9.53 Å².